The van der Waals surface area contributed by atoms with Crippen molar-refractivity contribution in [2.24, 2.45) is 0 Å². The van der Waals surface area contributed by atoms with Crippen molar-refractivity contribution in [1.29, 1.82) is 0 Å². The van der Waals surface area contributed by atoms with Crippen molar-refractivity contribution >= 4 is 11.9 Å². The summed E-state index contributed by atoms with van der Waals surface area (Å²) in [5.74, 6) is -2.59. The van der Waals surface area contributed by atoms with Gasteiger partial charge in [-0.15, -0.1) is 0 Å². The van der Waals surface area contributed by atoms with Crippen LogP contribution in [0.3, 0.4) is 0 Å². The highest BCUT2D eigenvalue weighted by molar-refractivity contribution is 5.75. The van der Waals surface area contributed by atoms with Gasteiger partial charge in [0.25, 0.3) is 0 Å². The average molecular weight is 313 g/mol. The van der Waals surface area contributed by atoms with E-state index in [1.165, 1.54) is 0 Å². The van der Waals surface area contributed by atoms with E-state index in [9.17, 15) is 24.9 Å². The Bertz CT molecular complexity index is 465. The van der Waals surface area contributed by atoms with Crippen LogP contribution in [0.25, 0.3) is 0 Å². The van der Waals surface area contributed by atoms with Gasteiger partial charge in [0.2, 0.25) is 0 Å². The molecule has 0 aromatic heterocycles. The first-order chi connectivity index (χ1) is 10.5. The van der Waals surface area contributed by atoms with E-state index >= 15 is 0 Å². The van der Waals surface area contributed by atoms with Gasteiger partial charge in [0.15, 0.2) is 0 Å². The van der Waals surface area contributed by atoms with Crippen LogP contribution in [0, 0.1) is 0 Å². The van der Waals surface area contributed by atoms with E-state index in [1.54, 1.807) is 4.90 Å². The molecular formula is C14H23N3O5. The molecule has 4 N–H and O–H groups in total. The molecular weight excluding hydrogens is 290 g/mol. The number of likely N-dealkylation sites (tertiary alicyclic amines) is 2. The van der Waals surface area contributed by atoms with Gasteiger partial charge in [-0.05, 0) is 32.2 Å². The molecule has 0 aliphatic carbocycles. The van der Waals surface area contributed by atoms with Crippen molar-refractivity contribution in [2.45, 2.75) is 56.1 Å². The molecule has 3 aliphatic rings. The predicted octanol–water partition coefficient (Wildman–Crippen LogP) is -0.908. The second-order valence-corrected chi connectivity index (χ2v) is 6.43. The van der Waals surface area contributed by atoms with Crippen LogP contribution < -0.4 is 5.32 Å². The molecule has 0 amide bonds. The number of rotatable bonds is 4. The number of hydrogen-bond acceptors (Lipinski definition) is 6. The highest BCUT2D eigenvalue weighted by atomic mass is 16.4. The smallest absolute Gasteiger partial charge is 0.321 e. The molecule has 22 heavy (non-hydrogen) atoms. The van der Waals surface area contributed by atoms with Gasteiger partial charge >= 0.3 is 11.9 Å². The van der Waals surface area contributed by atoms with Crippen molar-refractivity contribution in [3.63, 3.8) is 0 Å². The summed E-state index contributed by atoms with van der Waals surface area (Å²) >= 11 is 0. The van der Waals surface area contributed by atoms with Crippen LogP contribution in [-0.2, 0) is 9.59 Å². The zero-order valence-electron chi connectivity index (χ0n) is 12.4. The third-order valence-electron chi connectivity index (χ3n) is 5.16. The minimum absolute atomic E-state index is 0.185. The highest BCUT2D eigenvalue weighted by Crippen LogP contribution is 2.38. The Morgan fingerprint density at radius 2 is 1.82 bits per heavy atom. The SMILES string of the molecule is O=C(O)C1CCCN1C1(N2CC(O)CC2C(=O)O)CCCN1. The fourth-order valence-corrected chi connectivity index (χ4v) is 4.29. The van der Waals surface area contributed by atoms with Crippen LogP contribution in [0.2, 0.25) is 0 Å². The fourth-order valence-electron chi connectivity index (χ4n) is 4.29. The van der Waals surface area contributed by atoms with E-state index in [-0.39, 0.29) is 13.0 Å². The van der Waals surface area contributed by atoms with Gasteiger partial charge in [-0.1, -0.05) is 0 Å². The molecule has 3 aliphatic heterocycles. The zero-order valence-corrected chi connectivity index (χ0v) is 12.4. The van der Waals surface area contributed by atoms with E-state index in [0.717, 1.165) is 19.4 Å². The van der Waals surface area contributed by atoms with Crippen molar-refractivity contribution in [1.82, 2.24) is 15.1 Å². The Labute approximate surface area is 128 Å². The minimum atomic E-state index is -0.962. The largest absolute Gasteiger partial charge is 0.480 e. The van der Waals surface area contributed by atoms with Gasteiger partial charge in [0.05, 0.1) is 6.10 Å². The summed E-state index contributed by atoms with van der Waals surface area (Å²) in [6.07, 6.45) is 2.40. The number of hydrogen-bond donors (Lipinski definition) is 4. The number of nitrogens with one attached hydrogen (secondary N) is 1. The second kappa shape index (κ2) is 5.77. The third kappa shape index (κ3) is 2.40. The summed E-state index contributed by atoms with van der Waals surface area (Å²) in [7, 11) is 0. The van der Waals surface area contributed by atoms with E-state index < -0.39 is 35.9 Å². The maximum absolute atomic E-state index is 11.6. The lowest BCUT2D eigenvalue weighted by Gasteiger charge is -2.48. The number of carbonyl (C=O) groups is 2. The Balaban J connectivity index is 1.94. The molecule has 3 fully saturated rings. The van der Waals surface area contributed by atoms with Crippen molar-refractivity contribution in [2.75, 3.05) is 19.6 Å². The molecule has 3 heterocycles. The van der Waals surface area contributed by atoms with E-state index in [0.29, 0.717) is 19.4 Å². The summed E-state index contributed by atoms with van der Waals surface area (Å²) in [6.45, 7) is 1.61. The molecule has 0 radical (unpaired) electrons. The molecule has 8 heteroatoms. The normalized spacial score (nSPS) is 40.3. The third-order valence-corrected chi connectivity index (χ3v) is 5.16. The van der Waals surface area contributed by atoms with Crippen LogP contribution >= 0.6 is 0 Å². The number of carboxylic acid groups (broad SMARTS) is 2. The van der Waals surface area contributed by atoms with Crippen LogP contribution in [0.15, 0.2) is 0 Å². The molecule has 0 spiro atoms. The van der Waals surface area contributed by atoms with Crippen molar-refractivity contribution in [3.8, 4) is 0 Å². The summed E-state index contributed by atoms with van der Waals surface area (Å²) in [5, 5.41) is 32.3. The molecule has 0 aromatic rings. The predicted molar refractivity (Wildman–Crippen MR) is 76.1 cm³/mol. The maximum atomic E-state index is 11.6. The lowest BCUT2D eigenvalue weighted by molar-refractivity contribution is -0.159. The molecule has 4 unspecified atom stereocenters. The van der Waals surface area contributed by atoms with Gasteiger partial charge < -0.3 is 15.3 Å². The minimum Gasteiger partial charge on any atom is -0.480 e. The molecule has 0 bridgehead atoms. The average Bonchev–Trinajstić information content (AvgIpc) is 3.16. The van der Waals surface area contributed by atoms with E-state index in [1.807, 2.05) is 4.90 Å². The Hall–Kier alpha value is -1.22. The highest BCUT2D eigenvalue weighted by Gasteiger charge is 2.55. The second-order valence-electron chi connectivity index (χ2n) is 6.43. The number of aliphatic carboxylic acids is 2. The Morgan fingerprint density at radius 1 is 1.09 bits per heavy atom. The van der Waals surface area contributed by atoms with E-state index in [4.69, 9.17) is 0 Å². The van der Waals surface area contributed by atoms with Crippen molar-refractivity contribution < 1.29 is 24.9 Å². The van der Waals surface area contributed by atoms with Crippen LogP contribution in [0.4, 0.5) is 0 Å². The summed E-state index contributed by atoms with van der Waals surface area (Å²) in [4.78, 5) is 26.8. The van der Waals surface area contributed by atoms with Crippen LogP contribution in [-0.4, -0.2) is 80.7 Å². The molecule has 0 saturated carbocycles. The molecule has 8 nitrogen and oxygen atoms in total. The standard InChI is InChI=1S/C14H23N3O5/c18-9-7-11(13(21)22)17(8-9)14(4-2-5-15-14)16-6-1-3-10(16)12(19)20/h9-11,15,18H,1-8H2,(H,19,20)(H,21,22). The lowest BCUT2D eigenvalue weighted by atomic mass is 10.1. The number of aliphatic hydroxyl groups excluding tert-OH is 1. The number of nitrogens with zero attached hydrogens (tertiary/aromatic N) is 2. The van der Waals surface area contributed by atoms with Gasteiger partial charge in [0.1, 0.15) is 17.9 Å². The van der Waals surface area contributed by atoms with Crippen molar-refractivity contribution in [3.05, 3.63) is 0 Å². The maximum Gasteiger partial charge on any atom is 0.321 e. The van der Waals surface area contributed by atoms with Crippen LogP contribution in [0.1, 0.15) is 32.1 Å². The molecule has 4 atom stereocenters. The summed E-state index contributed by atoms with van der Waals surface area (Å²) < 4.78 is 0. The monoisotopic (exact) mass is 313 g/mol. The first-order valence-corrected chi connectivity index (χ1v) is 7.88. The fraction of sp³-hybridized carbons (Fsp3) is 0.857. The number of β-amino-alcohol motifs (C(OH)–C–C–N with tert-alkyl or cyclic N) is 1. The molecule has 124 valence electrons. The summed E-state index contributed by atoms with van der Waals surface area (Å²) in [6, 6.07) is -1.38. The lowest BCUT2D eigenvalue weighted by Crippen LogP contribution is -2.70. The zero-order chi connectivity index (χ0) is 15.9. The topological polar surface area (TPSA) is 113 Å². The molecule has 3 rings (SSSR count). The number of aliphatic hydroxyl groups is 1. The summed E-state index contributed by atoms with van der Waals surface area (Å²) in [5.41, 5.74) is 0. The quantitative estimate of drug-likeness (QED) is 0.528. The molecule has 3 saturated heterocycles. The molecule has 0 aromatic carbocycles. The Kier molecular flexibility index (Phi) is 4.11. The van der Waals surface area contributed by atoms with Gasteiger partial charge in [0, 0.05) is 19.5 Å². The Morgan fingerprint density at radius 3 is 2.41 bits per heavy atom. The van der Waals surface area contributed by atoms with Gasteiger partial charge in [-0.25, -0.2) is 0 Å². The van der Waals surface area contributed by atoms with Gasteiger partial charge in [-0.3, -0.25) is 24.7 Å². The van der Waals surface area contributed by atoms with Crippen LogP contribution in [0.5, 0.6) is 0 Å². The first kappa shape index (κ1) is 15.7. The van der Waals surface area contributed by atoms with Gasteiger partial charge in [-0.2, -0.15) is 0 Å². The number of carboxylic acids is 2. The first-order valence-electron chi connectivity index (χ1n) is 7.88. The van der Waals surface area contributed by atoms with E-state index in [2.05, 4.69) is 5.32 Å².